The van der Waals surface area contributed by atoms with Crippen molar-refractivity contribution in [1.82, 2.24) is 10.2 Å². The monoisotopic (exact) mass is 244 g/mol. The van der Waals surface area contributed by atoms with Crippen LogP contribution in [0.4, 0.5) is 4.79 Å². The van der Waals surface area contributed by atoms with E-state index in [-0.39, 0.29) is 12.1 Å². The van der Waals surface area contributed by atoms with Crippen molar-refractivity contribution in [1.29, 1.82) is 0 Å². The predicted octanol–water partition coefficient (Wildman–Crippen LogP) is 1.93. The molecule has 0 aromatic carbocycles. The number of aliphatic carboxylic acids is 1. The molecule has 17 heavy (non-hydrogen) atoms. The van der Waals surface area contributed by atoms with Crippen molar-refractivity contribution in [3.8, 4) is 0 Å². The van der Waals surface area contributed by atoms with E-state index in [0.717, 1.165) is 12.8 Å². The van der Waals surface area contributed by atoms with Gasteiger partial charge in [-0.3, -0.25) is 0 Å². The summed E-state index contributed by atoms with van der Waals surface area (Å²) < 4.78 is 0. The molecule has 2 amide bonds. The molecular weight excluding hydrogens is 220 g/mol. The average molecular weight is 244 g/mol. The van der Waals surface area contributed by atoms with Crippen LogP contribution in [0.3, 0.4) is 0 Å². The smallest absolute Gasteiger partial charge is 0.326 e. The van der Waals surface area contributed by atoms with Gasteiger partial charge in [-0.25, -0.2) is 9.59 Å². The van der Waals surface area contributed by atoms with Crippen LogP contribution in [0.1, 0.15) is 40.5 Å². The van der Waals surface area contributed by atoms with Crippen LogP contribution >= 0.6 is 0 Å². The Morgan fingerprint density at radius 1 is 1.24 bits per heavy atom. The maximum atomic E-state index is 11.8. The lowest BCUT2D eigenvalue weighted by Gasteiger charge is -2.27. The minimum Gasteiger partial charge on any atom is -0.480 e. The summed E-state index contributed by atoms with van der Waals surface area (Å²) in [6.45, 7) is 7.61. The number of urea groups is 1. The molecule has 0 aromatic heterocycles. The standard InChI is InChI=1S/C12H24N2O3/c1-6-10(7-2)8(3)13-12(17)14(5)9(4)11(15)16/h8-10H,6-7H2,1-5H3,(H,13,17)(H,15,16). The summed E-state index contributed by atoms with van der Waals surface area (Å²) in [5, 5.41) is 11.7. The highest BCUT2D eigenvalue weighted by molar-refractivity contribution is 5.82. The summed E-state index contributed by atoms with van der Waals surface area (Å²) in [5.74, 6) is -0.578. The molecule has 0 spiro atoms. The van der Waals surface area contributed by atoms with Crippen LogP contribution in [-0.4, -0.2) is 41.1 Å². The van der Waals surface area contributed by atoms with Crippen molar-refractivity contribution in [3.05, 3.63) is 0 Å². The van der Waals surface area contributed by atoms with E-state index in [1.54, 1.807) is 0 Å². The molecule has 0 aliphatic carbocycles. The minimum absolute atomic E-state index is 0.0564. The summed E-state index contributed by atoms with van der Waals surface area (Å²) in [5.41, 5.74) is 0. The molecule has 0 rings (SSSR count). The third-order valence-electron chi connectivity index (χ3n) is 3.37. The van der Waals surface area contributed by atoms with Crippen molar-refractivity contribution < 1.29 is 14.7 Å². The van der Waals surface area contributed by atoms with Crippen LogP contribution in [0.2, 0.25) is 0 Å². The topological polar surface area (TPSA) is 69.6 Å². The van der Waals surface area contributed by atoms with Gasteiger partial charge in [0.1, 0.15) is 6.04 Å². The van der Waals surface area contributed by atoms with Gasteiger partial charge in [-0.05, 0) is 19.8 Å². The van der Waals surface area contributed by atoms with Gasteiger partial charge in [0, 0.05) is 13.1 Å². The van der Waals surface area contributed by atoms with Gasteiger partial charge in [0.2, 0.25) is 0 Å². The Morgan fingerprint density at radius 2 is 1.71 bits per heavy atom. The molecule has 0 bridgehead atoms. The fraction of sp³-hybridized carbons (Fsp3) is 0.833. The molecule has 0 saturated heterocycles. The number of carboxylic acid groups (broad SMARTS) is 1. The van der Waals surface area contributed by atoms with E-state index in [4.69, 9.17) is 5.11 Å². The van der Waals surface area contributed by atoms with E-state index in [2.05, 4.69) is 19.2 Å². The molecular formula is C12H24N2O3. The van der Waals surface area contributed by atoms with E-state index in [9.17, 15) is 9.59 Å². The lowest BCUT2D eigenvalue weighted by molar-refractivity contribution is -0.141. The SMILES string of the molecule is CCC(CC)C(C)NC(=O)N(C)C(C)C(=O)O. The lowest BCUT2D eigenvalue weighted by Crippen LogP contribution is -2.49. The van der Waals surface area contributed by atoms with Crippen LogP contribution in [0.25, 0.3) is 0 Å². The highest BCUT2D eigenvalue weighted by Gasteiger charge is 2.24. The van der Waals surface area contributed by atoms with E-state index in [1.165, 1.54) is 18.9 Å². The third-order valence-corrected chi connectivity index (χ3v) is 3.37. The zero-order valence-corrected chi connectivity index (χ0v) is 11.4. The number of nitrogens with one attached hydrogen (secondary N) is 1. The van der Waals surface area contributed by atoms with Gasteiger partial charge >= 0.3 is 12.0 Å². The number of carbonyl (C=O) groups excluding carboxylic acids is 1. The number of nitrogens with zero attached hydrogens (tertiary/aromatic N) is 1. The summed E-state index contributed by atoms with van der Waals surface area (Å²) in [7, 11) is 1.49. The van der Waals surface area contributed by atoms with Crippen molar-refractivity contribution in [2.24, 2.45) is 5.92 Å². The Labute approximate surface area is 103 Å². The maximum Gasteiger partial charge on any atom is 0.326 e. The predicted molar refractivity (Wildman–Crippen MR) is 66.9 cm³/mol. The molecule has 0 aromatic rings. The number of hydrogen-bond acceptors (Lipinski definition) is 2. The largest absolute Gasteiger partial charge is 0.480 e. The molecule has 5 nitrogen and oxygen atoms in total. The molecule has 0 radical (unpaired) electrons. The summed E-state index contributed by atoms with van der Waals surface area (Å²) in [4.78, 5) is 23.8. The van der Waals surface area contributed by atoms with Gasteiger partial charge in [0.15, 0.2) is 0 Å². The third kappa shape index (κ3) is 4.63. The van der Waals surface area contributed by atoms with Gasteiger partial charge in [-0.2, -0.15) is 0 Å². The second-order valence-corrected chi connectivity index (χ2v) is 4.44. The van der Waals surface area contributed by atoms with Crippen LogP contribution in [0.15, 0.2) is 0 Å². The van der Waals surface area contributed by atoms with E-state index in [0.29, 0.717) is 5.92 Å². The number of carbonyl (C=O) groups is 2. The minimum atomic E-state index is -1.00. The first kappa shape index (κ1) is 15.7. The fourth-order valence-corrected chi connectivity index (χ4v) is 1.75. The van der Waals surface area contributed by atoms with Gasteiger partial charge < -0.3 is 15.3 Å². The van der Waals surface area contributed by atoms with Crippen LogP contribution in [0.5, 0.6) is 0 Å². The molecule has 5 heteroatoms. The quantitative estimate of drug-likeness (QED) is 0.750. The molecule has 2 N–H and O–H groups in total. The number of likely N-dealkylation sites (N-methyl/N-ethyl adjacent to an activating group) is 1. The number of rotatable bonds is 6. The fourth-order valence-electron chi connectivity index (χ4n) is 1.75. The molecule has 0 fully saturated rings. The van der Waals surface area contributed by atoms with E-state index >= 15 is 0 Å². The number of hydrogen-bond donors (Lipinski definition) is 2. The first-order chi connectivity index (χ1) is 7.84. The molecule has 0 aliphatic rings. The molecule has 100 valence electrons. The van der Waals surface area contributed by atoms with E-state index in [1.807, 2.05) is 6.92 Å². The Balaban J connectivity index is 4.38. The highest BCUT2D eigenvalue weighted by atomic mass is 16.4. The molecule has 0 aliphatic heterocycles. The highest BCUT2D eigenvalue weighted by Crippen LogP contribution is 2.13. The average Bonchev–Trinajstić information content (AvgIpc) is 2.28. The van der Waals surface area contributed by atoms with Crippen LogP contribution in [0, 0.1) is 5.92 Å². The van der Waals surface area contributed by atoms with Gasteiger partial charge in [0.05, 0.1) is 0 Å². The van der Waals surface area contributed by atoms with Crippen molar-refractivity contribution >= 4 is 12.0 Å². The zero-order valence-electron chi connectivity index (χ0n) is 11.4. The van der Waals surface area contributed by atoms with E-state index < -0.39 is 12.0 Å². The number of amides is 2. The normalized spacial score (nSPS) is 14.2. The Hall–Kier alpha value is -1.26. The first-order valence-electron chi connectivity index (χ1n) is 6.11. The second kappa shape index (κ2) is 7.14. The molecule has 2 atom stereocenters. The Morgan fingerprint density at radius 3 is 2.06 bits per heavy atom. The summed E-state index contributed by atoms with van der Waals surface area (Å²) in [6, 6.07) is -1.09. The molecule has 0 heterocycles. The second-order valence-electron chi connectivity index (χ2n) is 4.44. The Bertz CT molecular complexity index is 264. The number of carboxylic acids is 1. The van der Waals surface area contributed by atoms with Crippen molar-refractivity contribution in [3.63, 3.8) is 0 Å². The first-order valence-corrected chi connectivity index (χ1v) is 6.11. The van der Waals surface area contributed by atoms with Crippen molar-refractivity contribution in [2.45, 2.75) is 52.6 Å². The maximum absolute atomic E-state index is 11.8. The molecule has 2 unspecified atom stereocenters. The van der Waals surface area contributed by atoms with Gasteiger partial charge in [-0.15, -0.1) is 0 Å². The Kier molecular flexibility index (Phi) is 6.61. The van der Waals surface area contributed by atoms with Crippen LogP contribution in [-0.2, 0) is 4.79 Å². The van der Waals surface area contributed by atoms with Gasteiger partial charge in [0.25, 0.3) is 0 Å². The lowest BCUT2D eigenvalue weighted by atomic mass is 9.96. The summed E-state index contributed by atoms with van der Waals surface area (Å²) >= 11 is 0. The summed E-state index contributed by atoms with van der Waals surface area (Å²) in [6.07, 6.45) is 1.99. The zero-order chi connectivity index (χ0) is 13.6. The van der Waals surface area contributed by atoms with Crippen LogP contribution < -0.4 is 5.32 Å². The van der Waals surface area contributed by atoms with Crippen molar-refractivity contribution in [2.75, 3.05) is 7.05 Å². The van der Waals surface area contributed by atoms with Gasteiger partial charge in [-0.1, -0.05) is 26.7 Å². The molecule has 0 saturated carbocycles.